The summed E-state index contributed by atoms with van der Waals surface area (Å²) in [6, 6.07) is 13.2. The first kappa shape index (κ1) is 17.8. The minimum atomic E-state index is -1.09. The predicted molar refractivity (Wildman–Crippen MR) is 91.4 cm³/mol. The summed E-state index contributed by atoms with van der Waals surface area (Å²) in [5.41, 5.74) is 1.53. The lowest BCUT2D eigenvalue weighted by molar-refractivity contribution is -0.141. The zero-order chi connectivity index (χ0) is 17.5. The minimum Gasteiger partial charge on any atom is -0.495 e. The molecular formula is C18H18ClNO4. The topological polar surface area (TPSA) is 75.6 Å². The molecule has 0 radical (unpaired) electrons. The number of carboxylic acids is 1. The van der Waals surface area contributed by atoms with Gasteiger partial charge in [0, 0.05) is 6.42 Å². The van der Waals surface area contributed by atoms with Crippen LogP contribution in [0, 0.1) is 0 Å². The maximum atomic E-state index is 12.1. The van der Waals surface area contributed by atoms with Gasteiger partial charge in [0.1, 0.15) is 11.8 Å². The summed E-state index contributed by atoms with van der Waals surface area (Å²) < 4.78 is 5.07. The average molecular weight is 348 g/mol. The summed E-state index contributed by atoms with van der Waals surface area (Å²) in [5.74, 6) is -0.919. The lowest BCUT2D eigenvalue weighted by atomic mass is 10.0. The Morgan fingerprint density at radius 2 is 1.88 bits per heavy atom. The first-order valence-electron chi connectivity index (χ1n) is 7.38. The van der Waals surface area contributed by atoms with Crippen molar-refractivity contribution in [3.8, 4) is 5.75 Å². The number of ether oxygens (including phenoxy) is 1. The van der Waals surface area contributed by atoms with E-state index < -0.39 is 12.0 Å². The highest BCUT2D eigenvalue weighted by Crippen LogP contribution is 2.25. The number of benzene rings is 2. The van der Waals surface area contributed by atoms with Crippen LogP contribution in [0.3, 0.4) is 0 Å². The summed E-state index contributed by atoms with van der Waals surface area (Å²) in [5, 5.41) is 12.3. The fourth-order valence-electron chi connectivity index (χ4n) is 2.30. The number of aliphatic carboxylic acids is 1. The number of amides is 1. The van der Waals surface area contributed by atoms with Gasteiger partial charge in [-0.2, -0.15) is 0 Å². The van der Waals surface area contributed by atoms with Crippen LogP contribution in [0.15, 0.2) is 48.5 Å². The molecule has 0 saturated carbocycles. The van der Waals surface area contributed by atoms with Gasteiger partial charge >= 0.3 is 5.97 Å². The second-order valence-corrected chi connectivity index (χ2v) is 5.70. The standard InChI is InChI=1S/C18H18ClNO4/c1-24-16-8-7-13(9-14(16)19)10-15(18(22)23)20-17(21)11-12-5-3-2-4-6-12/h2-9,15H,10-11H2,1H3,(H,20,21)(H,22,23)/t15-/m1/s1. The van der Waals surface area contributed by atoms with Crippen molar-refractivity contribution in [3.05, 3.63) is 64.7 Å². The highest BCUT2D eigenvalue weighted by Gasteiger charge is 2.21. The number of rotatable bonds is 7. The molecule has 1 amide bonds. The van der Waals surface area contributed by atoms with Gasteiger partial charge in [-0.25, -0.2) is 4.79 Å². The van der Waals surface area contributed by atoms with E-state index in [0.29, 0.717) is 16.3 Å². The number of hydrogen-bond donors (Lipinski definition) is 2. The largest absolute Gasteiger partial charge is 0.495 e. The lowest BCUT2D eigenvalue weighted by Crippen LogP contribution is -2.43. The maximum absolute atomic E-state index is 12.1. The second kappa shape index (κ2) is 8.36. The van der Waals surface area contributed by atoms with Crippen molar-refractivity contribution in [2.45, 2.75) is 18.9 Å². The molecule has 0 aliphatic carbocycles. The monoisotopic (exact) mass is 347 g/mol. The predicted octanol–water partition coefficient (Wildman–Crippen LogP) is 2.70. The average Bonchev–Trinajstić information content (AvgIpc) is 2.55. The van der Waals surface area contributed by atoms with E-state index in [9.17, 15) is 14.7 Å². The van der Waals surface area contributed by atoms with Crippen molar-refractivity contribution in [2.24, 2.45) is 0 Å². The third-order valence-electron chi connectivity index (χ3n) is 3.50. The fraction of sp³-hybridized carbons (Fsp3) is 0.222. The molecule has 2 aromatic rings. The van der Waals surface area contributed by atoms with Crippen LogP contribution in [0.5, 0.6) is 5.75 Å². The number of carbonyl (C=O) groups excluding carboxylic acids is 1. The number of carboxylic acid groups (broad SMARTS) is 1. The van der Waals surface area contributed by atoms with Gasteiger partial charge in [0.25, 0.3) is 0 Å². The number of methoxy groups -OCH3 is 1. The van der Waals surface area contributed by atoms with Gasteiger partial charge in [-0.15, -0.1) is 0 Å². The molecule has 0 spiro atoms. The Labute approximate surface area is 145 Å². The Bertz CT molecular complexity index is 718. The van der Waals surface area contributed by atoms with Gasteiger partial charge in [-0.05, 0) is 23.3 Å². The summed E-state index contributed by atoms with van der Waals surface area (Å²) in [4.78, 5) is 23.5. The van der Waals surface area contributed by atoms with E-state index in [0.717, 1.165) is 5.56 Å². The highest BCUT2D eigenvalue weighted by atomic mass is 35.5. The van der Waals surface area contributed by atoms with Crippen LogP contribution in [0.4, 0.5) is 0 Å². The lowest BCUT2D eigenvalue weighted by Gasteiger charge is -2.15. The molecule has 2 rings (SSSR count). The molecule has 0 aromatic heterocycles. The molecule has 0 aliphatic rings. The van der Waals surface area contributed by atoms with Crippen molar-refractivity contribution in [1.82, 2.24) is 5.32 Å². The smallest absolute Gasteiger partial charge is 0.326 e. The first-order valence-corrected chi connectivity index (χ1v) is 7.76. The Hall–Kier alpha value is -2.53. The summed E-state index contributed by atoms with van der Waals surface area (Å²) in [7, 11) is 1.50. The van der Waals surface area contributed by atoms with Gasteiger partial charge < -0.3 is 15.2 Å². The normalized spacial score (nSPS) is 11.6. The third kappa shape index (κ3) is 4.99. The molecule has 24 heavy (non-hydrogen) atoms. The molecule has 126 valence electrons. The summed E-state index contributed by atoms with van der Waals surface area (Å²) in [6.07, 6.45) is 0.271. The van der Waals surface area contributed by atoms with Crippen LogP contribution in [0.2, 0.25) is 5.02 Å². The van der Waals surface area contributed by atoms with Gasteiger partial charge in [-0.3, -0.25) is 4.79 Å². The summed E-state index contributed by atoms with van der Waals surface area (Å²) in [6.45, 7) is 0. The van der Waals surface area contributed by atoms with Crippen LogP contribution in [-0.4, -0.2) is 30.1 Å². The van der Waals surface area contributed by atoms with Crippen LogP contribution < -0.4 is 10.1 Å². The molecule has 0 bridgehead atoms. The molecule has 0 fully saturated rings. The van der Waals surface area contributed by atoms with Gasteiger partial charge in [-0.1, -0.05) is 48.0 Å². The molecule has 1 atom stereocenters. The second-order valence-electron chi connectivity index (χ2n) is 5.29. The summed E-state index contributed by atoms with van der Waals surface area (Å²) >= 11 is 6.05. The molecule has 0 aliphatic heterocycles. The van der Waals surface area contributed by atoms with Gasteiger partial charge in [0.15, 0.2) is 0 Å². The van der Waals surface area contributed by atoms with Crippen LogP contribution in [0.25, 0.3) is 0 Å². The molecular weight excluding hydrogens is 330 g/mol. The van der Waals surface area contributed by atoms with E-state index in [1.165, 1.54) is 7.11 Å². The SMILES string of the molecule is COc1ccc(C[C@@H](NC(=O)Cc2ccccc2)C(=O)O)cc1Cl. The molecule has 6 heteroatoms. The van der Waals surface area contributed by atoms with E-state index in [-0.39, 0.29) is 18.7 Å². The maximum Gasteiger partial charge on any atom is 0.326 e. The highest BCUT2D eigenvalue weighted by molar-refractivity contribution is 6.32. The van der Waals surface area contributed by atoms with E-state index in [2.05, 4.69) is 5.32 Å². The number of carbonyl (C=O) groups is 2. The van der Waals surface area contributed by atoms with Crippen LogP contribution in [-0.2, 0) is 22.4 Å². The number of hydrogen-bond acceptors (Lipinski definition) is 3. The Morgan fingerprint density at radius 1 is 1.17 bits per heavy atom. The fourth-order valence-corrected chi connectivity index (χ4v) is 2.58. The first-order chi connectivity index (χ1) is 11.5. The zero-order valence-corrected chi connectivity index (χ0v) is 13.9. The van der Waals surface area contributed by atoms with E-state index in [1.807, 2.05) is 30.3 Å². The Balaban J connectivity index is 2.03. The van der Waals surface area contributed by atoms with Gasteiger partial charge in [0.2, 0.25) is 5.91 Å². The molecule has 0 saturated heterocycles. The molecule has 0 heterocycles. The third-order valence-corrected chi connectivity index (χ3v) is 3.79. The van der Waals surface area contributed by atoms with Crippen molar-refractivity contribution >= 4 is 23.5 Å². The Morgan fingerprint density at radius 3 is 2.46 bits per heavy atom. The van der Waals surface area contributed by atoms with Crippen LogP contribution >= 0.6 is 11.6 Å². The van der Waals surface area contributed by atoms with Crippen LogP contribution in [0.1, 0.15) is 11.1 Å². The zero-order valence-electron chi connectivity index (χ0n) is 13.2. The molecule has 5 nitrogen and oxygen atoms in total. The molecule has 2 N–H and O–H groups in total. The van der Waals surface area contributed by atoms with Crippen molar-refractivity contribution < 1.29 is 19.4 Å². The van der Waals surface area contributed by atoms with Crippen molar-refractivity contribution in [3.63, 3.8) is 0 Å². The van der Waals surface area contributed by atoms with E-state index in [1.54, 1.807) is 18.2 Å². The Kier molecular flexibility index (Phi) is 6.21. The van der Waals surface area contributed by atoms with Gasteiger partial charge in [0.05, 0.1) is 18.6 Å². The van der Waals surface area contributed by atoms with E-state index >= 15 is 0 Å². The van der Waals surface area contributed by atoms with E-state index in [4.69, 9.17) is 16.3 Å². The quantitative estimate of drug-likeness (QED) is 0.807. The van der Waals surface area contributed by atoms with Crippen molar-refractivity contribution in [2.75, 3.05) is 7.11 Å². The van der Waals surface area contributed by atoms with Crippen molar-refractivity contribution in [1.29, 1.82) is 0 Å². The number of nitrogens with one attached hydrogen (secondary N) is 1. The molecule has 2 aromatic carbocycles. The number of halogens is 1. The minimum absolute atomic E-state index is 0.133. The molecule has 0 unspecified atom stereocenters.